The lowest BCUT2D eigenvalue weighted by Crippen LogP contribution is -2.28. The molecule has 0 spiro atoms. The Morgan fingerprint density at radius 3 is 2.05 bits per heavy atom. The number of benzene rings is 1. The maximum Gasteiger partial charge on any atom is 0.0105 e. The minimum atomic E-state index is 0.234. The Morgan fingerprint density at radius 1 is 1.05 bits per heavy atom. The van der Waals surface area contributed by atoms with Gasteiger partial charge in [0.05, 0.1) is 0 Å². The summed E-state index contributed by atoms with van der Waals surface area (Å²) < 4.78 is 0. The number of nitrogens with one attached hydrogen (secondary N) is 1. The van der Waals surface area contributed by atoms with Crippen molar-refractivity contribution in [2.45, 2.75) is 85.1 Å². The molecule has 1 rings (SSSR count). The van der Waals surface area contributed by atoms with Gasteiger partial charge < -0.3 is 5.32 Å². The average Bonchev–Trinajstić information content (AvgIpc) is 2.39. The summed E-state index contributed by atoms with van der Waals surface area (Å²) in [5.74, 6) is 0. The standard InChI is InChI=1S/C20H35N/c1-8-9-10-11-18(21-7)14-19-15(2)12-17(13-16(19)3)20(4,5)6/h12-13,18,21H,8-11,14H2,1-7H3. The molecule has 120 valence electrons. The van der Waals surface area contributed by atoms with E-state index in [-0.39, 0.29) is 5.41 Å². The van der Waals surface area contributed by atoms with Crippen molar-refractivity contribution in [3.8, 4) is 0 Å². The van der Waals surface area contributed by atoms with Crippen LogP contribution >= 0.6 is 0 Å². The van der Waals surface area contributed by atoms with Crippen LogP contribution < -0.4 is 5.32 Å². The molecule has 1 unspecified atom stereocenters. The molecule has 0 aliphatic heterocycles. The topological polar surface area (TPSA) is 12.0 Å². The SMILES string of the molecule is CCCCCC(Cc1c(C)cc(C(C)(C)C)cc1C)NC. The van der Waals surface area contributed by atoms with Gasteiger partial charge in [-0.25, -0.2) is 0 Å². The Hall–Kier alpha value is -0.820. The van der Waals surface area contributed by atoms with Crippen molar-refractivity contribution in [3.63, 3.8) is 0 Å². The third-order valence-corrected chi connectivity index (χ3v) is 4.58. The number of hydrogen-bond donors (Lipinski definition) is 1. The predicted octanol–water partition coefficient (Wildman–Crippen LogP) is 5.31. The summed E-state index contributed by atoms with van der Waals surface area (Å²) in [6, 6.07) is 5.39. The van der Waals surface area contributed by atoms with Gasteiger partial charge in [-0.3, -0.25) is 0 Å². The molecule has 1 heteroatoms. The third-order valence-electron chi connectivity index (χ3n) is 4.58. The smallest absolute Gasteiger partial charge is 0.0105 e. The number of likely N-dealkylation sites (N-methyl/N-ethyl adjacent to an activating group) is 1. The summed E-state index contributed by atoms with van der Waals surface area (Å²) >= 11 is 0. The molecule has 1 nitrogen and oxygen atoms in total. The highest BCUT2D eigenvalue weighted by atomic mass is 14.9. The summed E-state index contributed by atoms with van der Waals surface area (Å²) in [6.07, 6.45) is 6.42. The molecule has 0 saturated heterocycles. The molecule has 1 atom stereocenters. The molecule has 0 radical (unpaired) electrons. The molecule has 1 aromatic rings. The van der Waals surface area contributed by atoms with E-state index in [1.54, 1.807) is 5.56 Å². The van der Waals surface area contributed by atoms with E-state index in [1.165, 1.54) is 42.4 Å². The van der Waals surface area contributed by atoms with Crippen molar-refractivity contribution in [3.05, 3.63) is 34.4 Å². The maximum absolute atomic E-state index is 3.51. The van der Waals surface area contributed by atoms with Gasteiger partial charge in [0.25, 0.3) is 0 Å². The second-order valence-corrected chi connectivity index (χ2v) is 7.52. The van der Waals surface area contributed by atoms with E-state index in [4.69, 9.17) is 0 Å². The van der Waals surface area contributed by atoms with Crippen LogP contribution in [-0.4, -0.2) is 13.1 Å². The van der Waals surface area contributed by atoms with Gasteiger partial charge in [-0.05, 0) is 61.4 Å². The molecule has 0 aliphatic carbocycles. The van der Waals surface area contributed by atoms with E-state index < -0.39 is 0 Å². The van der Waals surface area contributed by atoms with E-state index >= 15 is 0 Å². The van der Waals surface area contributed by atoms with Gasteiger partial charge in [0, 0.05) is 6.04 Å². The zero-order chi connectivity index (χ0) is 16.0. The molecule has 1 aromatic carbocycles. The molecule has 0 aliphatic rings. The first-order valence-corrected chi connectivity index (χ1v) is 8.57. The minimum absolute atomic E-state index is 0.234. The van der Waals surface area contributed by atoms with Crippen molar-refractivity contribution in [1.29, 1.82) is 0 Å². The van der Waals surface area contributed by atoms with E-state index in [0.717, 1.165) is 6.42 Å². The Kier molecular flexibility index (Phi) is 6.93. The van der Waals surface area contributed by atoms with Crippen LogP contribution in [0.2, 0.25) is 0 Å². The van der Waals surface area contributed by atoms with Crippen molar-refractivity contribution >= 4 is 0 Å². The molecule has 0 amide bonds. The van der Waals surface area contributed by atoms with Gasteiger partial charge in [0.1, 0.15) is 0 Å². The first-order chi connectivity index (χ1) is 9.79. The molecule has 1 N–H and O–H groups in total. The fourth-order valence-corrected chi connectivity index (χ4v) is 2.98. The lowest BCUT2D eigenvalue weighted by atomic mass is 9.82. The van der Waals surface area contributed by atoms with E-state index in [2.05, 4.69) is 66.0 Å². The van der Waals surface area contributed by atoms with Crippen LogP contribution in [0.5, 0.6) is 0 Å². The third kappa shape index (κ3) is 5.47. The molecular formula is C20H35N. The summed E-state index contributed by atoms with van der Waals surface area (Å²) in [5, 5.41) is 3.51. The summed E-state index contributed by atoms with van der Waals surface area (Å²) in [7, 11) is 2.10. The highest BCUT2D eigenvalue weighted by molar-refractivity contribution is 5.40. The van der Waals surface area contributed by atoms with Crippen LogP contribution in [0.15, 0.2) is 12.1 Å². The molecule has 21 heavy (non-hydrogen) atoms. The molecule has 0 fully saturated rings. The Labute approximate surface area is 132 Å². The van der Waals surface area contributed by atoms with Gasteiger partial charge in [-0.2, -0.15) is 0 Å². The summed E-state index contributed by atoms with van der Waals surface area (Å²) in [4.78, 5) is 0. The fourth-order valence-electron chi connectivity index (χ4n) is 2.98. The maximum atomic E-state index is 3.51. The average molecular weight is 290 g/mol. The van der Waals surface area contributed by atoms with Crippen LogP contribution in [0.25, 0.3) is 0 Å². The first kappa shape index (κ1) is 18.2. The van der Waals surface area contributed by atoms with Crippen LogP contribution in [0.1, 0.15) is 75.6 Å². The van der Waals surface area contributed by atoms with E-state index in [9.17, 15) is 0 Å². The second kappa shape index (κ2) is 7.98. The van der Waals surface area contributed by atoms with Crippen LogP contribution in [0.3, 0.4) is 0 Å². The molecular weight excluding hydrogens is 254 g/mol. The van der Waals surface area contributed by atoms with Crippen molar-refractivity contribution in [1.82, 2.24) is 5.32 Å². The van der Waals surface area contributed by atoms with Crippen molar-refractivity contribution < 1.29 is 0 Å². The quantitative estimate of drug-likeness (QED) is 0.671. The fraction of sp³-hybridized carbons (Fsp3) is 0.700. The Morgan fingerprint density at radius 2 is 1.62 bits per heavy atom. The van der Waals surface area contributed by atoms with Crippen molar-refractivity contribution in [2.75, 3.05) is 7.05 Å². The summed E-state index contributed by atoms with van der Waals surface area (Å²) in [5.41, 5.74) is 6.14. The largest absolute Gasteiger partial charge is 0.317 e. The van der Waals surface area contributed by atoms with Gasteiger partial charge in [0.2, 0.25) is 0 Å². The zero-order valence-corrected chi connectivity index (χ0v) is 15.3. The first-order valence-electron chi connectivity index (χ1n) is 8.57. The second-order valence-electron chi connectivity index (χ2n) is 7.52. The van der Waals surface area contributed by atoms with Gasteiger partial charge in [-0.15, -0.1) is 0 Å². The highest BCUT2D eigenvalue weighted by Crippen LogP contribution is 2.27. The predicted molar refractivity (Wildman–Crippen MR) is 95.3 cm³/mol. The Bertz CT molecular complexity index is 417. The lowest BCUT2D eigenvalue weighted by Gasteiger charge is -2.24. The summed E-state index contributed by atoms with van der Waals surface area (Å²) in [6.45, 7) is 13.7. The van der Waals surface area contributed by atoms with Crippen LogP contribution in [0.4, 0.5) is 0 Å². The van der Waals surface area contributed by atoms with Crippen molar-refractivity contribution in [2.24, 2.45) is 0 Å². The number of hydrogen-bond acceptors (Lipinski definition) is 1. The number of aryl methyl sites for hydroxylation is 2. The van der Waals surface area contributed by atoms with Crippen LogP contribution in [-0.2, 0) is 11.8 Å². The van der Waals surface area contributed by atoms with E-state index in [0.29, 0.717) is 6.04 Å². The number of rotatable bonds is 7. The zero-order valence-electron chi connectivity index (χ0n) is 15.3. The lowest BCUT2D eigenvalue weighted by molar-refractivity contribution is 0.488. The monoisotopic (exact) mass is 289 g/mol. The molecule has 0 aromatic heterocycles. The van der Waals surface area contributed by atoms with E-state index in [1.807, 2.05) is 0 Å². The molecule has 0 bridgehead atoms. The normalized spacial score (nSPS) is 13.5. The number of unbranched alkanes of at least 4 members (excludes halogenated alkanes) is 2. The van der Waals surface area contributed by atoms with Gasteiger partial charge in [0.15, 0.2) is 0 Å². The van der Waals surface area contributed by atoms with Gasteiger partial charge in [-0.1, -0.05) is 59.1 Å². The Balaban J connectivity index is 2.87. The molecule has 0 heterocycles. The molecule has 0 saturated carbocycles. The minimum Gasteiger partial charge on any atom is -0.317 e. The van der Waals surface area contributed by atoms with Crippen LogP contribution in [0, 0.1) is 13.8 Å². The van der Waals surface area contributed by atoms with Gasteiger partial charge >= 0.3 is 0 Å². The highest BCUT2D eigenvalue weighted by Gasteiger charge is 2.17.